The van der Waals surface area contributed by atoms with Crippen molar-refractivity contribution in [2.75, 3.05) is 0 Å². The first-order chi connectivity index (χ1) is 14.7. The van der Waals surface area contributed by atoms with Gasteiger partial charge in [-0.3, -0.25) is 4.57 Å². The third-order valence-corrected chi connectivity index (χ3v) is 5.48. The molecule has 5 heteroatoms. The number of benzene rings is 3. The number of pyridine rings is 1. The molecule has 0 radical (unpaired) electrons. The lowest BCUT2D eigenvalue weighted by atomic mass is 10.1. The average Bonchev–Trinajstić information content (AvgIpc) is 3.35. The molecule has 0 unspecified atom stereocenters. The monoisotopic (exact) mass is 393 g/mol. The maximum Gasteiger partial charge on any atom is 0.178 e. The molecule has 0 amide bonds. The standard InChI is InChI=1S/C25H16FN3O/c1-15-13-14-27-24-22(15)29(16-7-3-2-4-8-16)25(28-24)18-11-12-19(26)21-17-9-5-6-10-20(17)30-23(18)21/h2-14H,1H3. The van der Waals surface area contributed by atoms with Crippen LogP contribution in [0.5, 0.6) is 0 Å². The summed E-state index contributed by atoms with van der Waals surface area (Å²) in [6, 6.07) is 22.7. The summed E-state index contributed by atoms with van der Waals surface area (Å²) in [5.41, 5.74) is 5.45. The van der Waals surface area contributed by atoms with Crippen LogP contribution in [0.3, 0.4) is 0 Å². The highest BCUT2D eigenvalue weighted by atomic mass is 19.1. The first kappa shape index (κ1) is 16.9. The number of hydrogen-bond donors (Lipinski definition) is 0. The number of aromatic nitrogens is 3. The van der Waals surface area contributed by atoms with Crippen molar-refractivity contribution in [1.29, 1.82) is 0 Å². The molecule has 0 fully saturated rings. The van der Waals surface area contributed by atoms with Gasteiger partial charge in [0, 0.05) is 17.3 Å². The van der Waals surface area contributed by atoms with Crippen molar-refractivity contribution in [2.45, 2.75) is 6.92 Å². The van der Waals surface area contributed by atoms with Crippen molar-refractivity contribution < 1.29 is 8.81 Å². The summed E-state index contributed by atoms with van der Waals surface area (Å²) in [7, 11) is 0. The van der Waals surface area contributed by atoms with Gasteiger partial charge in [-0.15, -0.1) is 0 Å². The molecule has 6 rings (SSSR count). The summed E-state index contributed by atoms with van der Waals surface area (Å²) >= 11 is 0. The van der Waals surface area contributed by atoms with Crippen molar-refractivity contribution in [1.82, 2.24) is 14.5 Å². The Kier molecular flexibility index (Phi) is 3.53. The second kappa shape index (κ2) is 6.26. The van der Waals surface area contributed by atoms with Crippen LogP contribution in [0.15, 0.2) is 83.4 Å². The lowest BCUT2D eigenvalue weighted by molar-refractivity contribution is 0.634. The molecule has 0 aliphatic rings. The van der Waals surface area contributed by atoms with Crippen molar-refractivity contribution in [3.05, 3.63) is 90.4 Å². The van der Waals surface area contributed by atoms with E-state index in [0.717, 1.165) is 27.7 Å². The number of halogens is 1. The molecule has 0 atom stereocenters. The molecule has 30 heavy (non-hydrogen) atoms. The number of para-hydroxylation sites is 2. The highest BCUT2D eigenvalue weighted by Gasteiger charge is 2.22. The molecular formula is C25H16FN3O. The topological polar surface area (TPSA) is 43.9 Å². The predicted molar refractivity (Wildman–Crippen MR) is 116 cm³/mol. The average molecular weight is 393 g/mol. The smallest absolute Gasteiger partial charge is 0.178 e. The molecule has 0 aliphatic heterocycles. The molecule has 3 aromatic heterocycles. The molecule has 3 aromatic carbocycles. The third kappa shape index (κ3) is 2.32. The lowest BCUT2D eigenvalue weighted by Crippen LogP contribution is -1.99. The van der Waals surface area contributed by atoms with Crippen LogP contribution in [0.2, 0.25) is 0 Å². The Morgan fingerprint density at radius 3 is 2.57 bits per heavy atom. The fraction of sp³-hybridized carbons (Fsp3) is 0.0400. The molecule has 0 saturated heterocycles. The van der Waals surface area contributed by atoms with E-state index < -0.39 is 0 Å². The Labute approximate surface area is 171 Å². The minimum absolute atomic E-state index is 0.310. The molecule has 6 aromatic rings. The molecule has 0 N–H and O–H groups in total. The van der Waals surface area contributed by atoms with Gasteiger partial charge in [0.1, 0.15) is 17.0 Å². The van der Waals surface area contributed by atoms with Gasteiger partial charge in [0.15, 0.2) is 11.5 Å². The third-order valence-electron chi connectivity index (χ3n) is 5.48. The van der Waals surface area contributed by atoms with Crippen molar-refractivity contribution in [2.24, 2.45) is 0 Å². The van der Waals surface area contributed by atoms with Crippen LogP contribution in [0.25, 0.3) is 50.2 Å². The number of imidazole rings is 1. The number of fused-ring (bicyclic) bond motifs is 4. The summed E-state index contributed by atoms with van der Waals surface area (Å²) in [6.07, 6.45) is 1.76. The normalized spacial score (nSPS) is 11.7. The second-order valence-corrected chi connectivity index (χ2v) is 7.30. The van der Waals surface area contributed by atoms with E-state index in [9.17, 15) is 4.39 Å². The van der Waals surface area contributed by atoms with Gasteiger partial charge >= 0.3 is 0 Å². The van der Waals surface area contributed by atoms with Gasteiger partial charge in [-0.25, -0.2) is 14.4 Å². The van der Waals surface area contributed by atoms with E-state index in [1.54, 1.807) is 12.3 Å². The van der Waals surface area contributed by atoms with Gasteiger partial charge in [0.25, 0.3) is 0 Å². The molecule has 4 nitrogen and oxygen atoms in total. The molecule has 144 valence electrons. The van der Waals surface area contributed by atoms with Crippen LogP contribution in [-0.4, -0.2) is 14.5 Å². The van der Waals surface area contributed by atoms with E-state index in [0.29, 0.717) is 28.0 Å². The Bertz CT molecular complexity index is 1560. The molecule has 0 aliphatic carbocycles. The summed E-state index contributed by atoms with van der Waals surface area (Å²) in [5.74, 6) is 0.359. The zero-order chi connectivity index (χ0) is 20.2. The van der Waals surface area contributed by atoms with Crippen LogP contribution < -0.4 is 0 Å². The van der Waals surface area contributed by atoms with E-state index in [1.165, 1.54) is 6.07 Å². The van der Waals surface area contributed by atoms with E-state index in [-0.39, 0.29) is 5.82 Å². The molecule has 0 spiro atoms. The van der Waals surface area contributed by atoms with Crippen LogP contribution in [0.1, 0.15) is 5.56 Å². The Morgan fingerprint density at radius 1 is 0.900 bits per heavy atom. The highest BCUT2D eigenvalue weighted by Crippen LogP contribution is 2.39. The Balaban J connectivity index is 1.78. The maximum atomic E-state index is 14.8. The van der Waals surface area contributed by atoms with Crippen molar-refractivity contribution in [3.8, 4) is 17.1 Å². The van der Waals surface area contributed by atoms with Crippen LogP contribution in [0.4, 0.5) is 4.39 Å². The Hall–Kier alpha value is -3.99. The van der Waals surface area contributed by atoms with E-state index >= 15 is 0 Å². The fourth-order valence-electron chi connectivity index (χ4n) is 4.12. The summed E-state index contributed by atoms with van der Waals surface area (Å²) < 4.78 is 23.0. The van der Waals surface area contributed by atoms with Gasteiger partial charge in [-0.05, 0) is 48.9 Å². The number of furan rings is 1. The minimum atomic E-state index is -0.310. The zero-order valence-corrected chi connectivity index (χ0v) is 16.1. The lowest BCUT2D eigenvalue weighted by Gasteiger charge is -2.11. The van der Waals surface area contributed by atoms with Crippen molar-refractivity contribution in [3.63, 3.8) is 0 Å². The van der Waals surface area contributed by atoms with Gasteiger partial charge in [0.05, 0.1) is 16.5 Å². The predicted octanol–water partition coefficient (Wildman–Crippen LogP) is 6.43. The Morgan fingerprint density at radius 2 is 1.70 bits per heavy atom. The molecule has 3 heterocycles. The number of nitrogens with zero attached hydrogens (tertiary/aromatic N) is 3. The first-order valence-electron chi connectivity index (χ1n) is 9.72. The largest absolute Gasteiger partial charge is 0.455 e. The highest BCUT2D eigenvalue weighted by molar-refractivity contribution is 6.09. The van der Waals surface area contributed by atoms with Gasteiger partial charge < -0.3 is 4.42 Å². The quantitative estimate of drug-likeness (QED) is 0.340. The second-order valence-electron chi connectivity index (χ2n) is 7.30. The number of rotatable bonds is 2. The first-order valence-corrected chi connectivity index (χ1v) is 9.72. The summed E-state index contributed by atoms with van der Waals surface area (Å²) in [4.78, 5) is 9.32. The van der Waals surface area contributed by atoms with E-state index in [2.05, 4.69) is 9.55 Å². The molecule has 0 bridgehead atoms. The fourth-order valence-corrected chi connectivity index (χ4v) is 4.12. The van der Waals surface area contributed by atoms with E-state index in [4.69, 9.17) is 9.40 Å². The van der Waals surface area contributed by atoms with E-state index in [1.807, 2.05) is 67.6 Å². The number of hydrogen-bond acceptors (Lipinski definition) is 3. The van der Waals surface area contributed by atoms with Gasteiger partial charge in [0.2, 0.25) is 0 Å². The number of aryl methyl sites for hydroxylation is 1. The van der Waals surface area contributed by atoms with Gasteiger partial charge in [-0.2, -0.15) is 0 Å². The molecule has 0 saturated carbocycles. The van der Waals surface area contributed by atoms with Crippen LogP contribution in [-0.2, 0) is 0 Å². The minimum Gasteiger partial charge on any atom is -0.455 e. The van der Waals surface area contributed by atoms with Crippen LogP contribution in [0, 0.1) is 12.7 Å². The zero-order valence-electron chi connectivity index (χ0n) is 16.1. The SMILES string of the molecule is Cc1ccnc2nc(-c3ccc(F)c4c3oc3ccccc34)n(-c3ccccc3)c12. The maximum absolute atomic E-state index is 14.8. The van der Waals surface area contributed by atoms with Gasteiger partial charge in [-0.1, -0.05) is 36.4 Å². The summed E-state index contributed by atoms with van der Waals surface area (Å²) in [6.45, 7) is 2.04. The summed E-state index contributed by atoms with van der Waals surface area (Å²) in [5, 5.41) is 1.22. The molecular weight excluding hydrogens is 377 g/mol. The van der Waals surface area contributed by atoms with Crippen LogP contribution >= 0.6 is 0 Å². The van der Waals surface area contributed by atoms with Crippen molar-refractivity contribution >= 4 is 33.1 Å².